The summed E-state index contributed by atoms with van der Waals surface area (Å²) < 4.78 is 38.2. The Morgan fingerprint density at radius 2 is 2.00 bits per heavy atom. The maximum atomic E-state index is 10.8. The average molecular weight is 441 g/mol. The van der Waals surface area contributed by atoms with Crippen molar-refractivity contribution in [2.75, 3.05) is 30.0 Å². The van der Waals surface area contributed by atoms with Gasteiger partial charge in [-0.1, -0.05) is 13.8 Å². The Morgan fingerprint density at radius 1 is 1.23 bits per heavy atom. The van der Waals surface area contributed by atoms with Gasteiger partial charge in [0.25, 0.3) is 10.1 Å². The van der Waals surface area contributed by atoms with Gasteiger partial charge in [-0.05, 0) is 32.1 Å². The minimum atomic E-state index is -3.89. The van der Waals surface area contributed by atoms with E-state index < -0.39 is 10.1 Å². The van der Waals surface area contributed by atoms with E-state index in [0.29, 0.717) is 25.4 Å². The van der Waals surface area contributed by atoms with E-state index in [1.54, 1.807) is 7.05 Å². The van der Waals surface area contributed by atoms with Gasteiger partial charge in [-0.2, -0.15) is 18.4 Å². The largest absolute Gasteiger partial charge is 0.378 e. The van der Waals surface area contributed by atoms with Crippen LogP contribution in [0.1, 0.15) is 57.7 Å². The summed E-state index contributed by atoms with van der Waals surface area (Å²) in [5.74, 6) is 2.30. The molecule has 11 heteroatoms. The second kappa shape index (κ2) is 9.44. The number of unbranched alkanes of at least 4 members (excludes halogenated alkanes) is 1. The minimum absolute atomic E-state index is 0.129. The topological polar surface area (TPSA) is 131 Å². The van der Waals surface area contributed by atoms with Gasteiger partial charge < -0.3 is 19.9 Å². The van der Waals surface area contributed by atoms with Crippen LogP contribution in [0.5, 0.6) is 0 Å². The fraction of sp³-hybridized carbons (Fsp3) is 0.737. The second-order valence-electron chi connectivity index (χ2n) is 8.14. The van der Waals surface area contributed by atoms with E-state index >= 15 is 0 Å². The summed E-state index contributed by atoms with van der Waals surface area (Å²) >= 11 is 0. The zero-order valence-corrected chi connectivity index (χ0v) is 18.9. The molecule has 30 heavy (non-hydrogen) atoms. The first kappa shape index (κ1) is 22.7. The molecule has 1 aliphatic carbocycles. The van der Waals surface area contributed by atoms with Crippen LogP contribution in [-0.4, -0.2) is 64.0 Å². The van der Waals surface area contributed by atoms with E-state index in [1.807, 2.05) is 11.6 Å². The highest BCUT2D eigenvalue weighted by atomic mass is 32.2. The number of hydrogen-bond donors (Lipinski definition) is 3. The predicted molar refractivity (Wildman–Crippen MR) is 117 cm³/mol. The lowest BCUT2D eigenvalue weighted by atomic mass is 10.2. The molecule has 0 amide bonds. The van der Waals surface area contributed by atoms with Crippen molar-refractivity contribution in [2.45, 2.75) is 64.0 Å². The number of hydrogen-bond acceptors (Lipinski definition) is 8. The fourth-order valence-electron chi connectivity index (χ4n) is 3.86. The molecule has 2 unspecified atom stereocenters. The minimum Gasteiger partial charge on any atom is -0.378 e. The van der Waals surface area contributed by atoms with Gasteiger partial charge in [0.05, 0.1) is 11.9 Å². The van der Waals surface area contributed by atoms with E-state index in [1.165, 1.54) is 0 Å². The van der Waals surface area contributed by atoms with Crippen molar-refractivity contribution < 1.29 is 17.7 Å². The summed E-state index contributed by atoms with van der Waals surface area (Å²) in [6.45, 7) is 4.71. The van der Waals surface area contributed by atoms with Crippen LogP contribution in [-0.2, 0) is 21.9 Å². The molecule has 0 aliphatic heterocycles. The standard InChI is InChI=1S/C19H32N6O4S/c1-12(2)17-22-15-16(23-19(20-3)24-18(15)25(17)4)21-13-7-8-14(11-13)29-9-5-6-10-30(26,27)28/h12-14H,5-11H2,1-4H3,(H,26,27,28)(H2,20,21,23,24). The first-order valence-corrected chi connectivity index (χ1v) is 12.0. The zero-order valence-electron chi connectivity index (χ0n) is 18.1. The molecule has 1 saturated carbocycles. The molecule has 3 N–H and O–H groups in total. The van der Waals surface area contributed by atoms with Crippen LogP contribution < -0.4 is 10.6 Å². The molecule has 168 valence electrons. The van der Waals surface area contributed by atoms with Crippen molar-refractivity contribution in [3.63, 3.8) is 0 Å². The number of aromatic nitrogens is 4. The van der Waals surface area contributed by atoms with Crippen molar-refractivity contribution in [1.82, 2.24) is 19.5 Å². The molecule has 10 nitrogen and oxygen atoms in total. The molecule has 1 aliphatic rings. The number of ether oxygens (including phenoxy) is 1. The fourth-order valence-corrected chi connectivity index (χ4v) is 4.43. The van der Waals surface area contributed by atoms with E-state index in [-0.39, 0.29) is 23.8 Å². The summed E-state index contributed by atoms with van der Waals surface area (Å²) in [5, 5.41) is 6.55. The zero-order chi connectivity index (χ0) is 21.9. The summed E-state index contributed by atoms with van der Waals surface area (Å²) in [5.41, 5.74) is 1.57. The van der Waals surface area contributed by atoms with Gasteiger partial charge in [-0.25, -0.2) is 4.98 Å². The summed E-state index contributed by atoms with van der Waals surface area (Å²) in [7, 11) is -0.116. The Morgan fingerprint density at radius 3 is 2.67 bits per heavy atom. The van der Waals surface area contributed by atoms with E-state index in [2.05, 4.69) is 34.4 Å². The second-order valence-corrected chi connectivity index (χ2v) is 9.71. The van der Waals surface area contributed by atoms with Crippen molar-refractivity contribution in [1.29, 1.82) is 0 Å². The Balaban J connectivity index is 1.62. The molecule has 0 spiro atoms. The summed E-state index contributed by atoms with van der Waals surface area (Å²) in [4.78, 5) is 14.0. The number of fused-ring (bicyclic) bond motifs is 1. The molecule has 1 fully saturated rings. The first-order chi connectivity index (χ1) is 14.2. The lowest BCUT2D eigenvalue weighted by Crippen LogP contribution is -2.19. The molecule has 0 bridgehead atoms. The monoisotopic (exact) mass is 440 g/mol. The number of imidazole rings is 1. The van der Waals surface area contributed by atoms with Crippen LogP contribution >= 0.6 is 0 Å². The number of anilines is 2. The van der Waals surface area contributed by atoms with Gasteiger partial charge in [-0.15, -0.1) is 0 Å². The van der Waals surface area contributed by atoms with Crippen molar-refractivity contribution in [3.05, 3.63) is 5.82 Å². The molecule has 2 atom stereocenters. The maximum Gasteiger partial charge on any atom is 0.264 e. The molecule has 0 radical (unpaired) electrons. The summed E-state index contributed by atoms with van der Waals surface area (Å²) in [6.07, 6.45) is 3.88. The van der Waals surface area contributed by atoms with Gasteiger partial charge >= 0.3 is 0 Å². The highest BCUT2D eigenvalue weighted by Gasteiger charge is 2.27. The smallest absolute Gasteiger partial charge is 0.264 e. The molecular formula is C19H32N6O4S. The number of rotatable bonds is 10. The van der Waals surface area contributed by atoms with Gasteiger partial charge in [0.1, 0.15) is 5.82 Å². The molecular weight excluding hydrogens is 408 g/mol. The van der Waals surface area contributed by atoms with Crippen LogP contribution in [0.3, 0.4) is 0 Å². The highest BCUT2D eigenvalue weighted by Crippen LogP contribution is 2.29. The third-order valence-corrected chi connectivity index (χ3v) is 6.17. The molecule has 2 aromatic heterocycles. The van der Waals surface area contributed by atoms with Crippen LogP contribution in [0.4, 0.5) is 11.8 Å². The molecule has 2 heterocycles. The lowest BCUT2D eigenvalue weighted by molar-refractivity contribution is 0.0560. The number of nitrogens with one attached hydrogen (secondary N) is 2. The Hall–Kier alpha value is -1.98. The molecule has 0 aromatic carbocycles. The van der Waals surface area contributed by atoms with E-state index in [4.69, 9.17) is 14.3 Å². The Labute approximate surface area is 177 Å². The number of aryl methyl sites for hydroxylation is 1. The Kier molecular flexibility index (Phi) is 7.14. The van der Waals surface area contributed by atoms with Crippen LogP contribution in [0.15, 0.2) is 0 Å². The summed E-state index contributed by atoms with van der Waals surface area (Å²) in [6, 6.07) is 0.222. The van der Waals surface area contributed by atoms with Gasteiger partial charge in [-0.3, -0.25) is 4.55 Å². The Bertz CT molecular complexity index is 975. The molecule has 3 rings (SSSR count). The normalized spacial score (nSPS) is 19.7. The van der Waals surface area contributed by atoms with E-state index in [9.17, 15) is 8.42 Å². The van der Waals surface area contributed by atoms with Crippen LogP contribution in [0.25, 0.3) is 11.2 Å². The highest BCUT2D eigenvalue weighted by molar-refractivity contribution is 7.85. The maximum absolute atomic E-state index is 10.8. The van der Waals surface area contributed by atoms with Crippen LogP contribution in [0, 0.1) is 0 Å². The third-order valence-electron chi connectivity index (χ3n) is 5.37. The first-order valence-electron chi connectivity index (χ1n) is 10.4. The number of nitrogens with zero attached hydrogens (tertiary/aromatic N) is 4. The molecule has 0 saturated heterocycles. The van der Waals surface area contributed by atoms with Crippen LogP contribution in [0.2, 0.25) is 0 Å². The van der Waals surface area contributed by atoms with Crippen molar-refractivity contribution in [2.24, 2.45) is 7.05 Å². The quantitative estimate of drug-likeness (QED) is 0.377. The molecule has 2 aromatic rings. The third kappa shape index (κ3) is 5.58. The van der Waals surface area contributed by atoms with Crippen molar-refractivity contribution in [3.8, 4) is 0 Å². The van der Waals surface area contributed by atoms with E-state index in [0.717, 1.165) is 42.1 Å². The average Bonchev–Trinajstić information content (AvgIpc) is 3.25. The van der Waals surface area contributed by atoms with Gasteiger partial charge in [0.15, 0.2) is 17.0 Å². The van der Waals surface area contributed by atoms with Crippen molar-refractivity contribution >= 4 is 33.0 Å². The SMILES string of the molecule is CNc1nc(NC2CCC(OCCCCS(=O)(=O)O)C2)c2nc(C(C)C)n(C)c2n1. The van der Waals surface area contributed by atoms with Gasteiger partial charge in [0.2, 0.25) is 5.95 Å². The van der Waals surface area contributed by atoms with Gasteiger partial charge in [0, 0.05) is 32.7 Å². The lowest BCUT2D eigenvalue weighted by Gasteiger charge is -2.15. The predicted octanol–water partition coefficient (Wildman–Crippen LogP) is 2.55.